The molecule has 0 bridgehead atoms. The highest BCUT2D eigenvalue weighted by Crippen LogP contribution is 2.32. The Bertz CT molecular complexity index is 184. The van der Waals surface area contributed by atoms with Crippen LogP contribution in [-0.4, -0.2) is 0 Å². The van der Waals surface area contributed by atoms with Crippen molar-refractivity contribution in [3.05, 3.63) is 12.2 Å². The van der Waals surface area contributed by atoms with E-state index in [1.807, 2.05) is 0 Å². The zero-order valence-corrected chi connectivity index (χ0v) is 12.1. The van der Waals surface area contributed by atoms with Crippen LogP contribution >= 0.6 is 0 Å². The van der Waals surface area contributed by atoms with E-state index in [0.29, 0.717) is 0 Å². The molecule has 0 amide bonds. The zero-order chi connectivity index (χ0) is 12.5. The molecule has 0 aliphatic heterocycles. The molecule has 2 atom stereocenters. The summed E-state index contributed by atoms with van der Waals surface area (Å²) in [6.45, 7) is 9.13. The minimum absolute atomic E-state index is 0.805. The molecule has 0 nitrogen and oxygen atoms in total. The van der Waals surface area contributed by atoms with Gasteiger partial charge in [-0.2, -0.15) is 0 Å². The molecule has 0 aromatic rings. The molecule has 0 aromatic heterocycles. The van der Waals surface area contributed by atoms with E-state index < -0.39 is 0 Å². The summed E-state index contributed by atoms with van der Waals surface area (Å²) in [5.41, 5.74) is 1.58. The van der Waals surface area contributed by atoms with Gasteiger partial charge in [0.15, 0.2) is 0 Å². The third kappa shape index (κ3) is 5.27. The molecule has 0 saturated heterocycles. The van der Waals surface area contributed by atoms with Crippen molar-refractivity contribution in [3.8, 4) is 0 Å². The monoisotopic (exact) mass is 236 g/mol. The normalized spacial score (nSPS) is 29.4. The van der Waals surface area contributed by atoms with E-state index in [2.05, 4.69) is 20.4 Å². The molecule has 17 heavy (non-hydrogen) atoms. The van der Waals surface area contributed by atoms with Crippen molar-refractivity contribution in [2.45, 2.75) is 84.5 Å². The molecular formula is C17H32. The maximum Gasteiger partial charge on any atom is -0.0206 e. The predicted molar refractivity (Wildman–Crippen MR) is 78.3 cm³/mol. The van der Waals surface area contributed by atoms with E-state index in [9.17, 15) is 0 Å². The smallest absolute Gasteiger partial charge is 0.0206 e. The van der Waals surface area contributed by atoms with E-state index in [4.69, 9.17) is 0 Å². The second kappa shape index (κ2) is 8.78. The van der Waals surface area contributed by atoms with Gasteiger partial charge in [0.1, 0.15) is 0 Å². The van der Waals surface area contributed by atoms with E-state index in [1.165, 1.54) is 70.6 Å². The first-order chi connectivity index (χ1) is 8.29. The van der Waals surface area contributed by atoms with Crippen LogP contribution in [0.1, 0.15) is 84.5 Å². The molecule has 1 saturated carbocycles. The van der Waals surface area contributed by atoms with Crippen LogP contribution in [0.15, 0.2) is 12.2 Å². The predicted octanol–water partition coefficient (Wildman–Crippen LogP) is 6.12. The molecule has 0 heterocycles. The Balaban J connectivity index is 2.55. The summed E-state index contributed by atoms with van der Waals surface area (Å²) in [7, 11) is 0. The van der Waals surface area contributed by atoms with Crippen LogP contribution in [0.4, 0.5) is 0 Å². The Morgan fingerprint density at radius 2 is 1.12 bits per heavy atom. The van der Waals surface area contributed by atoms with Gasteiger partial charge in [-0.15, -0.1) is 0 Å². The van der Waals surface area contributed by atoms with Gasteiger partial charge >= 0.3 is 0 Å². The van der Waals surface area contributed by atoms with Crippen molar-refractivity contribution in [1.29, 1.82) is 0 Å². The summed E-state index contributed by atoms with van der Waals surface area (Å²) in [6, 6.07) is 0. The van der Waals surface area contributed by atoms with Crippen LogP contribution in [0.3, 0.4) is 0 Å². The van der Waals surface area contributed by atoms with Crippen LogP contribution in [-0.2, 0) is 0 Å². The van der Waals surface area contributed by atoms with Gasteiger partial charge in [-0.25, -0.2) is 0 Å². The Kier molecular flexibility index (Phi) is 7.64. The minimum Gasteiger partial charge on any atom is -0.0993 e. The van der Waals surface area contributed by atoms with Crippen LogP contribution in [0, 0.1) is 11.8 Å². The van der Waals surface area contributed by atoms with Crippen LogP contribution in [0.2, 0.25) is 0 Å². The van der Waals surface area contributed by atoms with Crippen molar-refractivity contribution in [2.24, 2.45) is 11.8 Å². The first-order valence-corrected chi connectivity index (χ1v) is 7.98. The third-order valence-corrected chi connectivity index (χ3v) is 4.64. The fourth-order valence-electron chi connectivity index (χ4n) is 3.30. The van der Waals surface area contributed by atoms with Gasteiger partial charge in [-0.3, -0.25) is 0 Å². The SMILES string of the molecule is C=C1C(CC)CCCCCCCCCC1CC. The highest BCUT2D eigenvalue weighted by atomic mass is 14.2. The molecular weight excluding hydrogens is 204 g/mol. The van der Waals surface area contributed by atoms with E-state index >= 15 is 0 Å². The third-order valence-electron chi connectivity index (χ3n) is 4.64. The largest absolute Gasteiger partial charge is 0.0993 e. The Morgan fingerprint density at radius 1 is 0.765 bits per heavy atom. The number of allylic oxidation sites excluding steroid dienone is 1. The second-order valence-electron chi connectivity index (χ2n) is 5.84. The quantitative estimate of drug-likeness (QED) is 0.507. The molecule has 1 aliphatic rings. The molecule has 0 spiro atoms. The van der Waals surface area contributed by atoms with Crippen LogP contribution in [0.5, 0.6) is 0 Å². The van der Waals surface area contributed by atoms with E-state index in [1.54, 1.807) is 5.57 Å². The fraction of sp³-hybridized carbons (Fsp3) is 0.882. The lowest BCUT2D eigenvalue weighted by Crippen LogP contribution is -2.12. The highest BCUT2D eigenvalue weighted by molar-refractivity contribution is 5.05. The summed E-state index contributed by atoms with van der Waals surface area (Å²) < 4.78 is 0. The first-order valence-electron chi connectivity index (χ1n) is 7.98. The van der Waals surface area contributed by atoms with Gasteiger partial charge in [0.05, 0.1) is 0 Å². The molecule has 0 radical (unpaired) electrons. The molecule has 1 fully saturated rings. The molecule has 1 rings (SSSR count). The van der Waals surface area contributed by atoms with Crippen molar-refractivity contribution in [1.82, 2.24) is 0 Å². The zero-order valence-electron chi connectivity index (χ0n) is 12.1. The molecule has 0 heteroatoms. The Hall–Kier alpha value is -0.260. The second-order valence-corrected chi connectivity index (χ2v) is 5.84. The lowest BCUT2D eigenvalue weighted by atomic mass is 9.80. The van der Waals surface area contributed by atoms with Gasteiger partial charge in [0.2, 0.25) is 0 Å². The van der Waals surface area contributed by atoms with Gasteiger partial charge < -0.3 is 0 Å². The number of rotatable bonds is 2. The van der Waals surface area contributed by atoms with Gasteiger partial charge in [0.25, 0.3) is 0 Å². The maximum atomic E-state index is 4.45. The van der Waals surface area contributed by atoms with Crippen LogP contribution in [0.25, 0.3) is 0 Å². The average molecular weight is 236 g/mol. The minimum atomic E-state index is 0.805. The van der Waals surface area contributed by atoms with Crippen molar-refractivity contribution >= 4 is 0 Å². The molecule has 100 valence electrons. The molecule has 0 N–H and O–H groups in total. The summed E-state index contributed by atoms with van der Waals surface area (Å²) in [6.07, 6.45) is 15.5. The summed E-state index contributed by atoms with van der Waals surface area (Å²) in [4.78, 5) is 0. The van der Waals surface area contributed by atoms with Crippen molar-refractivity contribution < 1.29 is 0 Å². The fourth-order valence-corrected chi connectivity index (χ4v) is 3.30. The molecule has 2 unspecified atom stereocenters. The topological polar surface area (TPSA) is 0 Å². The molecule has 0 aromatic carbocycles. The average Bonchev–Trinajstić information content (AvgIpc) is 2.34. The summed E-state index contributed by atoms with van der Waals surface area (Å²) >= 11 is 0. The Morgan fingerprint density at radius 3 is 1.47 bits per heavy atom. The van der Waals surface area contributed by atoms with E-state index in [0.717, 1.165) is 11.8 Å². The summed E-state index contributed by atoms with van der Waals surface area (Å²) in [5, 5.41) is 0. The van der Waals surface area contributed by atoms with Crippen molar-refractivity contribution in [2.75, 3.05) is 0 Å². The first kappa shape index (κ1) is 14.8. The van der Waals surface area contributed by atoms with Crippen molar-refractivity contribution in [3.63, 3.8) is 0 Å². The van der Waals surface area contributed by atoms with Gasteiger partial charge in [-0.1, -0.05) is 70.9 Å². The summed E-state index contributed by atoms with van der Waals surface area (Å²) in [5.74, 6) is 1.61. The maximum absolute atomic E-state index is 4.45. The van der Waals surface area contributed by atoms with Crippen LogP contribution < -0.4 is 0 Å². The standard InChI is InChI=1S/C17H32/c1-4-16-13-11-9-7-6-8-10-12-14-17(5-2)15(16)3/h16-17H,3-14H2,1-2H3. The lowest BCUT2D eigenvalue weighted by Gasteiger charge is -2.26. The Labute approximate surface area is 109 Å². The highest BCUT2D eigenvalue weighted by Gasteiger charge is 2.18. The van der Waals surface area contributed by atoms with Gasteiger partial charge in [0, 0.05) is 0 Å². The van der Waals surface area contributed by atoms with E-state index in [-0.39, 0.29) is 0 Å². The molecule has 1 aliphatic carbocycles. The number of hydrogen-bond donors (Lipinski definition) is 0. The van der Waals surface area contributed by atoms with Gasteiger partial charge in [-0.05, 0) is 37.5 Å². The lowest BCUT2D eigenvalue weighted by molar-refractivity contribution is 0.398. The number of hydrogen-bond acceptors (Lipinski definition) is 0.